The molecule has 59 heavy (non-hydrogen) atoms. The van der Waals surface area contributed by atoms with Crippen molar-refractivity contribution in [3.8, 4) is 0 Å². The third-order valence-electron chi connectivity index (χ3n) is 11.4. The fourth-order valence-electron chi connectivity index (χ4n) is 7.54. The third kappa shape index (κ3) is 46.7. The summed E-state index contributed by atoms with van der Waals surface area (Å²) in [5.41, 5.74) is 0. The van der Waals surface area contributed by atoms with Crippen LogP contribution in [0.2, 0.25) is 0 Å². The molecule has 0 aliphatic rings. The van der Waals surface area contributed by atoms with Gasteiger partial charge in [0.25, 0.3) is 0 Å². The van der Waals surface area contributed by atoms with Gasteiger partial charge in [-0.25, -0.2) is 0 Å². The Bertz CT molecular complexity index is 1020. The van der Waals surface area contributed by atoms with Crippen molar-refractivity contribution >= 4 is 5.91 Å². The second kappa shape index (κ2) is 50.2. The number of nitrogens with one attached hydrogen (secondary N) is 1. The standard InChI is InChI=1S/C55H99NO3/c1-3-5-7-9-11-13-15-17-19-21-23-25-26-27-28-29-30-31-33-35-37-39-41-43-45-47-49-51-55(59)56-53(52-57)54(58)50-48-46-44-42-40-38-36-34-32-24-22-20-18-16-14-12-10-8-6-4-2/h5,7,11,13,17,19,23,25,40,42,48,50,53-54,57-58H,3-4,6,8-10,12,14-16,18,20-22,24,26-39,41,43-47,49,51-52H2,1-2H3,(H,56,59)/b7-5-,13-11-,19-17-,25-23-,42-40+,50-48+. The summed E-state index contributed by atoms with van der Waals surface area (Å²) in [6.07, 6.45) is 71.8. The van der Waals surface area contributed by atoms with Gasteiger partial charge < -0.3 is 15.5 Å². The van der Waals surface area contributed by atoms with Gasteiger partial charge in [0.1, 0.15) is 0 Å². The van der Waals surface area contributed by atoms with Crippen LogP contribution in [0.25, 0.3) is 0 Å². The third-order valence-corrected chi connectivity index (χ3v) is 11.4. The van der Waals surface area contributed by atoms with Crippen molar-refractivity contribution in [3.05, 3.63) is 72.9 Å². The molecule has 4 heteroatoms. The summed E-state index contributed by atoms with van der Waals surface area (Å²) in [5, 5.41) is 23.1. The molecule has 0 aromatic rings. The highest BCUT2D eigenvalue weighted by atomic mass is 16.3. The smallest absolute Gasteiger partial charge is 0.220 e. The number of carbonyl (C=O) groups excluding carboxylic acids is 1. The van der Waals surface area contributed by atoms with Crippen LogP contribution in [-0.2, 0) is 4.79 Å². The van der Waals surface area contributed by atoms with Crippen LogP contribution in [0.1, 0.15) is 251 Å². The van der Waals surface area contributed by atoms with Crippen LogP contribution in [-0.4, -0.2) is 34.9 Å². The molecule has 0 fully saturated rings. The summed E-state index contributed by atoms with van der Waals surface area (Å²) in [6.45, 7) is 4.20. The molecule has 2 atom stereocenters. The molecular weight excluding hydrogens is 723 g/mol. The fourth-order valence-corrected chi connectivity index (χ4v) is 7.54. The van der Waals surface area contributed by atoms with E-state index in [1.807, 2.05) is 6.08 Å². The average Bonchev–Trinajstić information content (AvgIpc) is 3.24. The molecule has 4 nitrogen and oxygen atoms in total. The Morgan fingerprint density at radius 1 is 0.424 bits per heavy atom. The maximum Gasteiger partial charge on any atom is 0.220 e. The minimum Gasteiger partial charge on any atom is -0.394 e. The lowest BCUT2D eigenvalue weighted by molar-refractivity contribution is -0.123. The van der Waals surface area contributed by atoms with Gasteiger partial charge >= 0.3 is 0 Å². The van der Waals surface area contributed by atoms with E-state index in [0.717, 1.165) is 57.8 Å². The summed E-state index contributed by atoms with van der Waals surface area (Å²) in [4.78, 5) is 12.4. The van der Waals surface area contributed by atoms with E-state index in [9.17, 15) is 15.0 Å². The lowest BCUT2D eigenvalue weighted by atomic mass is 10.0. The zero-order valence-electron chi connectivity index (χ0n) is 39.3. The van der Waals surface area contributed by atoms with Crippen LogP contribution >= 0.6 is 0 Å². The molecule has 0 spiro atoms. The van der Waals surface area contributed by atoms with E-state index in [4.69, 9.17) is 0 Å². The quantitative estimate of drug-likeness (QED) is 0.0423. The van der Waals surface area contributed by atoms with Crippen LogP contribution in [0, 0.1) is 0 Å². The molecule has 2 unspecified atom stereocenters. The molecule has 0 aliphatic carbocycles. The van der Waals surface area contributed by atoms with Gasteiger partial charge in [-0.1, -0.05) is 247 Å². The van der Waals surface area contributed by atoms with E-state index in [2.05, 4.69) is 79.9 Å². The Labute approximate surface area is 368 Å². The van der Waals surface area contributed by atoms with Gasteiger partial charge in [-0.3, -0.25) is 4.79 Å². The van der Waals surface area contributed by atoms with E-state index in [0.29, 0.717) is 6.42 Å². The largest absolute Gasteiger partial charge is 0.394 e. The molecule has 0 radical (unpaired) electrons. The van der Waals surface area contributed by atoms with Crippen molar-refractivity contribution in [1.29, 1.82) is 0 Å². The number of hydrogen-bond acceptors (Lipinski definition) is 3. The predicted molar refractivity (Wildman–Crippen MR) is 262 cm³/mol. The van der Waals surface area contributed by atoms with Crippen molar-refractivity contribution in [3.63, 3.8) is 0 Å². The second-order valence-electron chi connectivity index (χ2n) is 17.2. The summed E-state index contributed by atoms with van der Waals surface area (Å²) >= 11 is 0. The van der Waals surface area contributed by atoms with Gasteiger partial charge in [-0.15, -0.1) is 0 Å². The number of hydrogen-bond donors (Lipinski definition) is 3. The van der Waals surface area contributed by atoms with Crippen molar-refractivity contribution in [2.24, 2.45) is 0 Å². The summed E-state index contributed by atoms with van der Waals surface area (Å²) in [7, 11) is 0. The zero-order valence-corrected chi connectivity index (χ0v) is 39.3. The molecular formula is C55H99NO3. The zero-order chi connectivity index (χ0) is 42.8. The Balaban J connectivity index is 3.56. The number of carbonyl (C=O) groups is 1. The highest BCUT2D eigenvalue weighted by Gasteiger charge is 2.17. The van der Waals surface area contributed by atoms with Gasteiger partial charge in [-0.2, -0.15) is 0 Å². The number of aliphatic hydroxyl groups is 2. The van der Waals surface area contributed by atoms with E-state index < -0.39 is 12.1 Å². The van der Waals surface area contributed by atoms with E-state index >= 15 is 0 Å². The normalized spacial score (nSPS) is 13.5. The van der Waals surface area contributed by atoms with E-state index in [-0.39, 0.29) is 12.5 Å². The van der Waals surface area contributed by atoms with Crippen molar-refractivity contribution in [2.75, 3.05) is 6.61 Å². The fraction of sp³-hybridized carbons (Fsp3) is 0.764. The lowest BCUT2D eigenvalue weighted by Gasteiger charge is -2.19. The Hall–Kier alpha value is -2.17. The number of allylic oxidation sites excluding steroid dienone is 11. The van der Waals surface area contributed by atoms with Crippen molar-refractivity contribution in [1.82, 2.24) is 5.32 Å². The maximum atomic E-state index is 12.4. The van der Waals surface area contributed by atoms with Gasteiger partial charge in [0.15, 0.2) is 0 Å². The summed E-state index contributed by atoms with van der Waals surface area (Å²) in [6, 6.07) is -0.642. The molecule has 0 bridgehead atoms. The average molecular weight is 822 g/mol. The summed E-state index contributed by atoms with van der Waals surface area (Å²) in [5.74, 6) is -0.0752. The van der Waals surface area contributed by atoms with Gasteiger partial charge in [-0.05, 0) is 70.6 Å². The molecule has 0 heterocycles. The minimum atomic E-state index is -0.865. The molecule has 0 rings (SSSR count). The van der Waals surface area contributed by atoms with Crippen LogP contribution in [0.4, 0.5) is 0 Å². The van der Waals surface area contributed by atoms with E-state index in [1.54, 1.807) is 6.08 Å². The summed E-state index contributed by atoms with van der Waals surface area (Å²) < 4.78 is 0. The Morgan fingerprint density at radius 2 is 0.763 bits per heavy atom. The molecule has 0 aliphatic heterocycles. The SMILES string of the molecule is CC/C=C\C/C=C\C/C=C\C/C=C\CCCCCCCCCCCCCCCCC(=O)NC(CO)C(O)/C=C/CC/C=C/CCCCCCCCCCCCCCCC. The molecule has 3 N–H and O–H groups in total. The molecule has 342 valence electrons. The van der Waals surface area contributed by atoms with Crippen molar-refractivity contribution < 1.29 is 15.0 Å². The van der Waals surface area contributed by atoms with Crippen LogP contribution in [0.15, 0.2) is 72.9 Å². The van der Waals surface area contributed by atoms with Crippen molar-refractivity contribution in [2.45, 2.75) is 264 Å². The van der Waals surface area contributed by atoms with Crippen LogP contribution < -0.4 is 5.32 Å². The monoisotopic (exact) mass is 822 g/mol. The van der Waals surface area contributed by atoms with Gasteiger partial charge in [0, 0.05) is 6.42 Å². The number of amides is 1. The number of rotatable bonds is 46. The number of aliphatic hydroxyl groups excluding tert-OH is 2. The first kappa shape index (κ1) is 56.8. The van der Waals surface area contributed by atoms with E-state index in [1.165, 1.54) is 173 Å². The first-order valence-electron chi connectivity index (χ1n) is 25.7. The number of unbranched alkanes of at least 4 members (excludes halogenated alkanes) is 29. The molecule has 0 aromatic carbocycles. The highest BCUT2D eigenvalue weighted by Crippen LogP contribution is 2.16. The van der Waals surface area contributed by atoms with Gasteiger partial charge in [0.2, 0.25) is 5.91 Å². The maximum absolute atomic E-state index is 12.4. The topological polar surface area (TPSA) is 69.6 Å². The molecule has 0 aromatic heterocycles. The first-order valence-corrected chi connectivity index (χ1v) is 25.7. The second-order valence-corrected chi connectivity index (χ2v) is 17.2. The predicted octanol–water partition coefficient (Wildman–Crippen LogP) is 16.6. The Kier molecular flexibility index (Phi) is 48.3. The van der Waals surface area contributed by atoms with Crippen LogP contribution in [0.3, 0.4) is 0 Å². The lowest BCUT2D eigenvalue weighted by Crippen LogP contribution is -2.45. The minimum absolute atomic E-state index is 0.0752. The molecule has 1 amide bonds. The van der Waals surface area contributed by atoms with Crippen LogP contribution in [0.5, 0.6) is 0 Å². The first-order chi connectivity index (χ1) is 29.2. The van der Waals surface area contributed by atoms with Gasteiger partial charge in [0.05, 0.1) is 18.8 Å². The Morgan fingerprint density at radius 3 is 1.19 bits per heavy atom. The highest BCUT2D eigenvalue weighted by molar-refractivity contribution is 5.76. The molecule has 0 saturated carbocycles. The molecule has 0 saturated heterocycles.